The summed E-state index contributed by atoms with van der Waals surface area (Å²) in [5.41, 5.74) is 0.838. The van der Waals surface area contributed by atoms with E-state index in [1.54, 1.807) is 12.1 Å². The highest BCUT2D eigenvalue weighted by Crippen LogP contribution is 2.26. The molecule has 1 atom stereocenters. The Hall–Kier alpha value is -1.36. The van der Waals surface area contributed by atoms with Crippen LogP contribution in [0.5, 0.6) is 11.5 Å². The van der Waals surface area contributed by atoms with Crippen LogP contribution in [0.4, 0.5) is 0 Å². The van der Waals surface area contributed by atoms with E-state index >= 15 is 0 Å². The highest BCUT2D eigenvalue weighted by Gasteiger charge is 2.10. The normalized spacial score (nSPS) is 11.9. The number of aromatic hydroxyl groups is 1. The highest BCUT2D eigenvalue weighted by atomic mass is 32.2. The Kier molecular flexibility index (Phi) is 5.15. The summed E-state index contributed by atoms with van der Waals surface area (Å²) in [4.78, 5) is 11.5. The molecule has 0 aliphatic heterocycles. The van der Waals surface area contributed by atoms with Crippen molar-refractivity contribution in [2.24, 2.45) is 0 Å². The van der Waals surface area contributed by atoms with Crippen molar-refractivity contribution in [2.75, 3.05) is 13.4 Å². The lowest BCUT2D eigenvalue weighted by molar-refractivity contribution is -0.120. The van der Waals surface area contributed by atoms with Crippen LogP contribution in [-0.4, -0.2) is 29.6 Å². The molecule has 0 saturated heterocycles. The second kappa shape index (κ2) is 6.39. The highest BCUT2D eigenvalue weighted by molar-refractivity contribution is 7.99. The molecule has 0 spiro atoms. The average molecular weight is 255 g/mol. The zero-order chi connectivity index (χ0) is 12.8. The molecule has 0 aliphatic rings. The fourth-order valence-electron chi connectivity index (χ4n) is 1.29. The lowest BCUT2D eigenvalue weighted by Crippen LogP contribution is -2.30. The van der Waals surface area contributed by atoms with Crippen molar-refractivity contribution in [3.8, 4) is 11.5 Å². The molecular weight excluding hydrogens is 238 g/mol. The minimum Gasteiger partial charge on any atom is -0.504 e. The fourth-order valence-corrected chi connectivity index (χ4v) is 1.58. The Morgan fingerprint density at radius 1 is 1.59 bits per heavy atom. The van der Waals surface area contributed by atoms with Gasteiger partial charge in [0.25, 0.3) is 0 Å². The smallest absolute Gasteiger partial charge is 0.233 e. The fraction of sp³-hybridized carbons (Fsp3) is 0.417. The molecule has 1 rings (SSSR count). The van der Waals surface area contributed by atoms with Crippen molar-refractivity contribution < 1.29 is 14.6 Å². The first-order valence-corrected chi connectivity index (χ1v) is 6.53. The summed E-state index contributed by atoms with van der Waals surface area (Å²) in [5, 5.41) is 12.3. The second-order valence-corrected chi connectivity index (χ2v) is 4.78. The van der Waals surface area contributed by atoms with Gasteiger partial charge >= 0.3 is 0 Å². The molecule has 0 bridgehead atoms. The molecule has 5 heteroatoms. The number of rotatable bonds is 5. The van der Waals surface area contributed by atoms with Gasteiger partial charge in [0, 0.05) is 6.54 Å². The average Bonchev–Trinajstić information content (AvgIpc) is 2.35. The number of hydrogen-bond donors (Lipinski definition) is 2. The van der Waals surface area contributed by atoms with Gasteiger partial charge in [-0.3, -0.25) is 4.79 Å². The number of amides is 1. The van der Waals surface area contributed by atoms with Gasteiger partial charge in [-0.05, 0) is 30.9 Å². The summed E-state index contributed by atoms with van der Waals surface area (Å²) in [6, 6.07) is 5.07. The summed E-state index contributed by atoms with van der Waals surface area (Å²) in [5.74, 6) is 0.502. The molecule has 4 nitrogen and oxygen atoms in total. The first kappa shape index (κ1) is 13.7. The van der Waals surface area contributed by atoms with E-state index in [0.717, 1.165) is 5.56 Å². The van der Waals surface area contributed by atoms with Crippen LogP contribution in [0.1, 0.15) is 12.5 Å². The number of thioether (sulfide) groups is 1. The molecule has 1 amide bonds. The van der Waals surface area contributed by atoms with E-state index in [1.807, 2.05) is 19.2 Å². The maximum atomic E-state index is 11.5. The molecule has 0 aliphatic carbocycles. The van der Waals surface area contributed by atoms with Crippen molar-refractivity contribution in [1.29, 1.82) is 0 Å². The van der Waals surface area contributed by atoms with E-state index in [0.29, 0.717) is 12.3 Å². The zero-order valence-electron chi connectivity index (χ0n) is 10.2. The molecule has 0 unspecified atom stereocenters. The van der Waals surface area contributed by atoms with Gasteiger partial charge in [0.2, 0.25) is 5.91 Å². The van der Waals surface area contributed by atoms with E-state index in [1.165, 1.54) is 18.9 Å². The van der Waals surface area contributed by atoms with Crippen LogP contribution in [-0.2, 0) is 11.3 Å². The SMILES string of the molecule is COc1ccc(CNC(=O)[C@@H](C)SC)cc1O. The van der Waals surface area contributed by atoms with Gasteiger partial charge in [0.05, 0.1) is 12.4 Å². The molecule has 0 heterocycles. The van der Waals surface area contributed by atoms with Gasteiger partial charge in [-0.1, -0.05) is 6.07 Å². The Morgan fingerprint density at radius 2 is 2.29 bits per heavy atom. The maximum absolute atomic E-state index is 11.5. The molecule has 0 aromatic heterocycles. The van der Waals surface area contributed by atoms with Crippen molar-refractivity contribution in [3.05, 3.63) is 23.8 Å². The van der Waals surface area contributed by atoms with Gasteiger partial charge in [0.1, 0.15) is 0 Å². The third-order valence-corrected chi connectivity index (χ3v) is 3.35. The molecule has 1 aromatic carbocycles. The molecule has 1 aromatic rings. The summed E-state index contributed by atoms with van der Waals surface area (Å²) in [6.07, 6.45) is 1.89. The monoisotopic (exact) mass is 255 g/mol. The van der Waals surface area contributed by atoms with Crippen LogP contribution in [0.2, 0.25) is 0 Å². The van der Waals surface area contributed by atoms with E-state index in [4.69, 9.17) is 4.74 Å². The minimum absolute atomic E-state index is 0.00666. The van der Waals surface area contributed by atoms with Crippen molar-refractivity contribution >= 4 is 17.7 Å². The van der Waals surface area contributed by atoms with Crippen molar-refractivity contribution in [2.45, 2.75) is 18.7 Å². The Bertz CT molecular complexity index is 395. The molecule has 17 heavy (non-hydrogen) atoms. The maximum Gasteiger partial charge on any atom is 0.233 e. The number of methoxy groups -OCH3 is 1. The summed E-state index contributed by atoms with van der Waals surface area (Å²) in [6.45, 7) is 2.26. The van der Waals surface area contributed by atoms with Crippen molar-refractivity contribution in [3.63, 3.8) is 0 Å². The lowest BCUT2D eigenvalue weighted by Gasteiger charge is -2.10. The molecular formula is C12H17NO3S. The first-order valence-electron chi connectivity index (χ1n) is 5.25. The number of hydrogen-bond acceptors (Lipinski definition) is 4. The predicted molar refractivity (Wildman–Crippen MR) is 69.5 cm³/mol. The van der Waals surface area contributed by atoms with Crippen LogP contribution >= 0.6 is 11.8 Å². The van der Waals surface area contributed by atoms with Gasteiger partial charge in [-0.2, -0.15) is 11.8 Å². The van der Waals surface area contributed by atoms with E-state index < -0.39 is 0 Å². The Balaban J connectivity index is 2.58. The van der Waals surface area contributed by atoms with E-state index in [2.05, 4.69) is 5.32 Å². The first-order chi connectivity index (χ1) is 8.08. The number of ether oxygens (including phenoxy) is 1. The number of phenols is 1. The van der Waals surface area contributed by atoms with E-state index in [9.17, 15) is 9.90 Å². The lowest BCUT2D eigenvalue weighted by atomic mass is 10.2. The zero-order valence-corrected chi connectivity index (χ0v) is 11.0. The van der Waals surface area contributed by atoms with Crippen LogP contribution in [0.25, 0.3) is 0 Å². The Morgan fingerprint density at radius 3 is 2.82 bits per heavy atom. The number of carbonyl (C=O) groups is 1. The van der Waals surface area contributed by atoms with Gasteiger partial charge in [-0.25, -0.2) is 0 Å². The topological polar surface area (TPSA) is 58.6 Å². The van der Waals surface area contributed by atoms with Crippen LogP contribution < -0.4 is 10.1 Å². The largest absolute Gasteiger partial charge is 0.504 e. The third-order valence-electron chi connectivity index (χ3n) is 2.43. The quantitative estimate of drug-likeness (QED) is 0.842. The summed E-state index contributed by atoms with van der Waals surface area (Å²) >= 11 is 1.50. The second-order valence-electron chi connectivity index (χ2n) is 3.60. The van der Waals surface area contributed by atoms with Gasteiger partial charge in [-0.15, -0.1) is 0 Å². The third kappa shape index (κ3) is 3.85. The molecule has 0 saturated carbocycles. The van der Waals surface area contributed by atoms with Gasteiger partial charge < -0.3 is 15.2 Å². The number of phenolic OH excluding ortho intramolecular Hbond substituents is 1. The summed E-state index contributed by atoms with van der Waals surface area (Å²) < 4.78 is 4.94. The number of carbonyl (C=O) groups excluding carboxylic acids is 1. The minimum atomic E-state index is -0.0677. The van der Waals surface area contributed by atoms with Gasteiger partial charge in [0.15, 0.2) is 11.5 Å². The molecule has 0 radical (unpaired) electrons. The van der Waals surface area contributed by atoms with Crippen LogP contribution in [0.15, 0.2) is 18.2 Å². The number of benzene rings is 1. The summed E-state index contributed by atoms with van der Waals surface area (Å²) in [7, 11) is 1.50. The predicted octanol–water partition coefficient (Wildman–Crippen LogP) is 1.77. The Labute approximate surface area is 105 Å². The molecule has 0 fully saturated rings. The van der Waals surface area contributed by atoms with Crippen molar-refractivity contribution in [1.82, 2.24) is 5.32 Å². The number of nitrogens with one attached hydrogen (secondary N) is 1. The van der Waals surface area contributed by atoms with Crippen LogP contribution in [0, 0.1) is 0 Å². The molecule has 2 N–H and O–H groups in total. The molecule has 94 valence electrons. The van der Waals surface area contributed by atoms with E-state index in [-0.39, 0.29) is 16.9 Å². The van der Waals surface area contributed by atoms with Crippen LogP contribution in [0.3, 0.4) is 0 Å². The standard InChI is InChI=1S/C12H17NO3S/c1-8(17-3)12(15)13-7-9-4-5-11(16-2)10(14)6-9/h4-6,8,14H,7H2,1-3H3,(H,13,15)/t8-/m1/s1.